The molecule has 0 aliphatic carbocycles. The van der Waals surface area contributed by atoms with Crippen molar-refractivity contribution in [2.75, 3.05) is 6.54 Å². The van der Waals surface area contributed by atoms with Crippen LogP contribution in [0.1, 0.15) is 23.7 Å². The van der Waals surface area contributed by atoms with Crippen LogP contribution >= 0.6 is 0 Å². The van der Waals surface area contributed by atoms with Crippen LogP contribution in [0.2, 0.25) is 0 Å². The van der Waals surface area contributed by atoms with Gasteiger partial charge in [-0.2, -0.15) is 0 Å². The van der Waals surface area contributed by atoms with E-state index in [2.05, 4.69) is 0 Å². The SMILES string of the molecule is O=C(OCc1ccc([N+](=O)[O-])cc1)N1C[C@H](O)C[C@H]1C(O)c1ccc2ccccc2c1. The van der Waals surface area contributed by atoms with Crippen LogP contribution < -0.4 is 0 Å². The fraction of sp³-hybridized carbons (Fsp3) is 0.261. The molecule has 31 heavy (non-hydrogen) atoms. The monoisotopic (exact) mass is 422 g/mol. The van der Waals surface area contributed by atoms with Crippen molar-refractivity contribution in [1.29, 1.82) is 0 Å². The molecule has 1 aliphatic heterocycles. The Hall–Kier alpha value is -3.49. The van der Waals surface area contributed by atoms with E-state index in [4.69, 9.17) is 4.74 Å². The number of nitro groups is 1. The first-order chi connectivity index (χ1) is 14.9. The molecule has 8 nitrogen and oxygen atoms in total. The summed E-state index contributed by atoms with van der Waals surface area (Å²) in [6, 6.07) is 18.5. The number of hydrogen-bond acceptors (Lipinski definition) is 6. The lowest BCUT2D eigenvalue weighted by molar-refractivity contribution is -0.384. The second-order valence-corrected chi connectivity index (χ2v) is 7.64. The van der Waals surface area contributed by atoms with Gasteiger partial charge in [-0.1, -0.05) is 36.4 Å². The third-order valence-electron chi connectivity index (χ3n) is 5.54. The molecule has 1 heterocycles. The molecule has 0 aromatic heterocycles. The molecule has 2 N–H and O–H groups in total. The zero-order valence-corrected chi connectivity index (χ0v) is 16.6. The van der Waals surface area contributed by atoms with Gasteiger partial charge in [0.05, 0.1) is 29.7 Å². The van der Waals surface area contributed by atoms with Gasteiger partial charge in [-0.25, -0.2) is 4.79 Å². The van der Waals surface area contributed by atoms with Gasteiger partial charge in [0.25, 0.3) is 5.69 Å². The molecule has 0 bridgehead atoms. The summed E-state index contributed by atoms with van der Waals surface area (Å²) in [5.74, 6) is 0. The number of fused-ring (bicyclic) bond motifs is 1. The van der Waals surface area contributed by atoms with E-state index in [-0.39, 0.29) is 25.3 Å². The minimum Gasteiger partial charge on any atom is -0.445 e. The van der Waals surface area contributed by atoms with Gasteiger partial charge in [-0.15, -0.1) is 0 Å². The minimum atomic E-state index is -0.978. The van der Waals surface area contributed by atoms with E-state index in [9.17, 15) is 25.1 Å². The molecule has 0 spiro atoms. The summed E-state index contributed by atoms with van der Waals surface area (Å²) in [7, 11) is 0. The molecule has 160 valence electrons. The third-order valence-corrected chi connectivity index (χ3v) is 5.54. The molecular weight excluding hydrogens is 400 g/mol. The normalized spacial score (nSPS) is 19.4. The Kier molecular flexibility index (Phi) is 5.83. The molecule has 1 aliphatic rings. The maximum absolute atomic E-state index is 12.7. The molecule has 1 fully saturated rings. The van der Waals surface area contributed by atoms with Gasteiger partial charge in [0.1, 0.15) is 6.61 Å². The number of aliphatic hydroxyl groups is 2. The van der Waals surface area contributed by atoms with E-state index in [0.717, 1.165) is 10.8 Å². The number of carbonyl (C=O) groups is 1. The highest BCUT2D eigenvalue weighted by Crippen LogP contribution is 2.32. The van der Waals surface area contributed by atoms with Crippen molar-refractivity contribution in [2.45, 2.75) is 31.3 Å². The minimum absolute atomic E-state index is 0.0451. The Balaban J connectivity index is 1.46. The Bertz CT molecular complexity index is 1100. The van der Waals surface area contributed by atoms with Gasteiger partial charge in [0.15, 0.2) is 0 Å². The summed E-state index contributed by atoms with van der Waals surface area (Å²) in [6.45, 7) is -0.00336. The van der Waals surface area contributed by atoms with Crippen LogP contribution in [0.5, 0.6) is 0 Å². The molecule has 3 aromatic rings. The van der Waals surface area contributed by atoms with Gasteiger partial charge < -0.3 is 14.9 Å². The summed E-state index contributed by atoms with van der Waals surface area (Å²) < 4.78 is 5.34. The van der Waals surface area contributed by atoms with Gasteiger partial charge in [-0.05, 0) is 46.5 Å². The summed E-state index contributed by atoms with van der Waals surface area (Å²) >= 11 is 0. The smallest absolute Gasteiger partial charge is 0.410 e. The Morgan fingerprint density at radius 2 is 1.84 bits per heavy atom. The summed E-state index contributed by atoms with van der Waals surface area (Å²) in [6.07, 6.45) is -2.15. The van der Waals surface area contributed by atoms with Gasteiger partial charge in [-0.3, -0.25) is 15.0 Å². The molecule has 0 saturated carbocycles. The molecule has 3 atom stereocenters. The maximum Gasteiger partial charge on any atom is 0.410 e. The van der Waals surface area contributed by atoms with E-state index >= 15 is 0 Å². The predicted molar refractivity (Wildman–Crippen MR) is 113 cm³/mol. The first-order valence-corrected chi connectivity index (χ1v) is 9.94. The van der Waals surface area contributed by atoms with Crippen LogP contribution in [0.3, 0.4) is 0 Å². The van der Waals surface area contributed by atoms with Crippen LogP contribution in [0.25, 0.3) is 10.8 Å². The van der Waals surface area contributed by atoms with Crippen LogP contribution in [0, 0.1) is 10.1 Å². The average molecular weight is 422 g/mol. The van der Waals surface area contributed by atoms with Crippen molar-refractivity contribution in [3.05, 3.63) is 88.0 Å². The average Bonchev–Trinajstić information content (AvgIpc) is 3.18. The van der Waals surface area contributed by atoms with Gasteiger partial charge in [0, 0.05) is 12.1 Å². The van der Waals surface area contributed by atoms with E-state index in [0.29, 0.717) is 11.1 Å². The lowest BCUT2D eigenvalue weighted by Crippen LogP contribution is -2.39. The number of nitro benzene ring substituents is 1. The van der Waals surface area contributed by atoms with Gasteiger partial charge >= 0.3 is 6.09 Å². The summed E-state index contributed by atoms with van der Waals surface area (Å²) in [4.78, 5) is 24.3. The lowest BCUT2D eigenvalue weighted by Gasteiger charge is -2.28. The summed E-state index contributed by atoms with van der Waals surface area (Å²) in [5.41, 5.74) is 1.22. The number of amides is 1. The number of ether oxygens (including phenoxy) is 1. The predicted octanol–water partition coefficient (Wildman–Crippen LogP) is 3.55. The highest BCUT2D eigenvalue weighted by molar-refractivity contribution is 5.83. The van der Waals surface area contributed by atoms with Crippen molar-refractivity contribution in [1.82, 2.24) is 4.90 Å². The Morgan fingerprint density at radius 3 is 2.55 bits per heavy atom. The molecule has 1 saturated heterocycles. The quantitative estimate of drug-likeness (QED) is 0.480. The first kappa shape index (κ1) is 20.8. The fourth-order valence-corrected chi connectivity index (χ4v) is 3.91. The third kappa shape index (κ3) is 4.50. The number of rotatable bonds is 5. The zero-order chi connectivity index (χ0) is 22.0. The molecular formula is C23H22N2O6. The number of aliphatic hydroxyl groups excluding tert-OH is 2. The zero-order valence-electron chi connectivity index (χ0n) is 16.6. The number of likely N-dealkylation sites (tertiary alicyclic amines) is 1. The number of non-ortho nitro benzene ring substituents is 1. The van der Waals surface area contributed by atoms with Crippen molar-refractivity contribution < 1.29 is 24.7 Å². The van der Waals surface area contributed by atoms with Crippen molar-refractivity contribution in [3.63, 3.8) is 0 Å². The molecule has 8 heteroatoms. The Morgan fingerprint density at radius 1 is 1.13 bits per heavy atom. The fourth-order valence-electron chi connectivity index (χ4n) is 3.91. The van der Waals surface area contributed by atoms with E-state index < -0.39 is 29.3 Å². The highest BCUT2D eigenvalue weighted by atomic mass is 16.6. The Labute approximate surface area is 178 Å². The standard InChI is InChI=1S/C23H22N2O6/c26-20-12-21(22(27)18-8-7-16-3-1-2-4-17(16)11-18)24(13-20)23(28)31-14-15-5-9-19(10-6-15)25(29)30/h1-11,20-22,26-27H,12-14H2/t20-,21+,22?/m1/s1. The van der Waals surface area contributed by atoms with Crippen LogP contribution in [0.4, 0.5) is 10.5 Å². The van der Waals surface area contributed by atoms with Crippen LogP contribution in [0.15, 0.2) is 66.7 Å². The number of hydrogen-bond donors (Lipinski definition) is 2. The maximum atomic E-state index is 12.7. The van der Waals surface area contributed by atoms with Gasteiger partial charge in [0.2, 0.25) is 0 Å². The van der Waals surface area contributed by atoms with Crippen molar-refractivity contribution >= 4 is 22.6 Å². The molecule has 1 amide bonds. The van der Waals surface area contributed by atoms with Crippen LogP contribution in [-0.2, 0) is 11.3 Å². The van der Waals surface area contributed by atoms with E-state index in [1.54, 1.807) is 0 Å². The highest BCUT2D eigenvalue weighted by Gasteiger charge is 2.40. The summed E-state index contributed by atoms with van der Waals surface area (Å²) in [5, 5.41) is 33.9. The largest absolute Gasteiger partial charge is 0.445 e. The number of nitrogens with zero attached hydrogens (tertiary/aromatic N) is 2. The molecule has 1 unspecified atom stereocenters. The lowest BCUT2D eigenvalue weighted by atomic mass is 9.97. The number of benzene rings is 3. The van der Waals surface area contributed by atoms with Crippen molar-refractivity contribution in [3.8, 4) is 0 Å². The van der Waals surface area contributed by atoms with E-state index in [1.807, 2.05) is 42.5 Å². The second kappa shape index (κ2) is 8.71. The topological polar surface area (TPSA) is 113 Å². The molecule has 4 rings (SSSR count). The first-order valence-electron chi connectivity index (χ1n) is 9.94. The molecule has 0 radical (unpaired) electrons. The van der Waals surface area contributed by atoms with E-state index in [1.165, 1.54) is 29.2 Å². The second-order valence-electron chi connectivity index (χ2n) is 7.64. The number of carbonyl (C=O) groups excluding carboxylic acids is 1. The molecule has 3 aromatic carbocycles. The van der Waals surface area contributed by atoms with Crippen molar-refractivity contribution in [2.24, 2.45) is 0 Å². The number of β-amino-alcohol motifs (C(OH)–C–C–N with tert-alkyl or cyclic N) is 1. The van der Waals surface area contributed by atoms with Crippen LogP contribution in [-0.4, -0.2) is 44.8 Å².